The summed E-state index contributed by atoms with van der Waals surface area (Å²) in [6.45, 7) is 5.64. The number of fused-ring (bicyclic) bond motifs is 2. The van der Waals surface area contributed by atoms with Gasteiger partial charge >= 0.3 is 0 Å². The Balaban J connectivity index is 2.31. The van der Waals surface area contributed by atoms with Gasteiger partial charge in [0, 0.05) is 34.9 Å². The smallest absolute Gasteiger partial charge is 0.137 e. The average molecular weight is 313 g/mol. The molecule has 1 N–H and O–H groups in total. The Morgan fingerprint density at radius 2 is 1.72 bits per heavy atom. The molecule has 0 fully saturated rings. The number of rotatable bonds is 2. The van der Waals surface area contributed by atoms with Crippen molar-refractivity contribution in [2.24, 2.45) is 0 Å². The van der Waals surface area contributed by atoms with Gasteiger partial charge in [0.2, 0.25) is 0 Å². The Morgan fingerprint density at radius 3 is 2.39 bits per heavy atom. The molecule has 0 atom stereocenters. The lowest BCUT2D eigenvalue weighted by Crippen LogP contribution is -2.24. The molecule has 1 aromatic carbocycles. The lowest BCUT2D eigenvalue weighted by molar-refractivity contribution is 0.213. The van der Waals surface area contributed by atoms with Gasteiger partial charge in [0.05, 0.1) is 24.3 Å². The molecule has 18 heavy (non-hydrogen) atoms. The number of aliphatic hydroxyl groups is 1. The van der Waals surface area contributed by atoms with E-state index in [9.17, 15) is 5.11 Å². The van der Waals surface area contributed by atoms with Gasteiger partial charge in [0.25, 0.3) is 0 Å². The van der Waals surface area contributed by atoms with Crippen molar-refractivity contribution in [3.63, 3.8) is 0 Å². The molecule has 98 valence electrons. The number of halogens is 1. The van der Waals surface area contributed by atoms with E-state index in [4.69, 9.17) is 9.47 Å². The highest BCUT2D eigenvalue weighted by molar-refractivity contribution is 9.10. The minimum atomic E-state index is -0.299. The highest BCUT2D eigenvalue weighted by atomic mass is 79.9. The Bertz CT molecular complexity index is 473. The van der Waals surface area contributed by atoms with Crippen LogP contribution in [0.25, 0.3) is 0 Å². The van der Waals surface area contributed by atoms with Crippen LogP contribution in [0, 0.1) is 0 Å². The van der Waals surface area contributed by atoms with E-state index in [1.807, 2.05) is 0 Å². The van der Waals surface area contributed by atoms with E-state index >= 15 is 0 Å². The van der Waals surface area contributed by atoms with Crippen molar-refractivity contribution < 1.29 is 14.6 Å². The molecular formula is C14H17BrO3. The van der Waals surface area contributed by atoms with Crippen LogP contribution >= 0.6 is 15.9 Å². The van der Waals surface area contributed by atoms with Crippen LogP contribution in [0.4, 0.5) is 0 Å². The molecule has 0 aromatic heterocycles. The molecule has 2 heterocycles. The third-order valence-corrected chi connectivity index (χ3v) is 4.65. The first-order chi connectivity index (χ1) is 8.56. The van der Waals surface area contributed by atoms with Gasteiger partial charge in [-0.3, -0.25) is 0 Å². The summed E-state index contributed by atoms with van der Waals surface area (Å²) < 4.78 is 12.6. The standard InChI is InChI=1S/C14H17BrO3/c1-14(2,7-16)10-8-3-5-18-13(8)11(15)9-4-6-17-12(9)10/h16H,3-7H2,1-2H3. The Labute approximate surface area is 115 Å². The highest BCUT2D eigenvalue weighted by Gasteiger charge is 2.36. The third kappa shape index (κ3) is 1.58. The molecule has 3 rings (SSSR count). The third-order valence-electron chi connectivity index (χ3n) is 3.81. The van der Waals surface area contributed by atoms with Crippen LogP contribution in [0.15, 0.2) is 4.47 Å². The average Bonchev–Trinajstić information content (AvgIpc) is 2.97. The molecule has 3 nitrogen and oxygen atoms in total. The van der Waals surface area contributed by atoms with Crippen LogP contribution < -0.4 is 9.47 Å². The minimum Gasteiger partial charge on any atom is -0.493 e. The van der Waals surface area contributed by atoms with Crippen LogP contribution in [0.2, 0.25) is 0 Å². The maximum Gasteiger partial charge on any atom is 0.137 e. The predicted molar refractivity (Wildman–Crippen MR) is 72.7 cm³/mol. The molecule has 2 aliphatic rings. The normalized spacial score (nSPS) is 17.1. The zero-order valence-corrected chi connectivity index (χ0v) is 12.3. The molecule has 0 unspecified atom stereocenters. The van der Waals surface area contributed by atoms with Crippen molar-refractivity contribution in [2.75, 3.05) is 19.8 Å². The molecule has 0 bridgehead atoms. The largest absolute Gasteiger partial charge is 0.493 e. The van der Waals surface area contributed by atoms with Gasteiger partial charge in [-0.2, -0.15) is 0 Å². The highest BCUT2D eigenvalue weighted by Crippen LogP contribution is 2.50. The second-order valence-corrected chi connectivity index (χ2v) is 6.34. The summed E-state index contributed by atoms with van der Waals surface area (Å²) in [4.78, 5) is 0. The predicted octanol–water partition coefficient (Wildman–Crippen LogP) is 2.59. The van der Waals surface area contributed by atoms with E-state index in [0.717, 1.165) is 34.4 Å². The fourth-order valence-electron chi connectivity index (χ4n) is 2.85. The van der Waals surface area contributed by atoms with Gasteiger partial charge in [0.15, 0.2) is 0 Å². The first kappa shape index (κ1) is 12.3. The molecule has 2 aliphatic heterocycles. The zero-order chi connectivity index (χ0) is 12.9. The van der Waals surface area contributed by atoms with E-state index in [-0.39, 0.29) is 12.0 Å². The van der Waals surface area contributed by atoms with E-state index in [1.165, 1.54) is 11.1 Å². The lowest BCUT2D eigenvalue weighted by atomic mass is 9.80. The first-order valence-electron chi connectivity index (χ1n) is 6.30. The number of hydrogen-bond donors (Lipinski definition) is 1. The van der Waals surface area contributed by atoms with Crippen molar-refractivity contribution in [2.45, 2.75) is 32.1 Å². The summed E-state index contributed by atoms with van der Waals surface area (Å²) >= 11 is 3.64. The topological polar surface area (TPSA) is 38.7 Å². The Hall–Kier alpha value is -0.740. The second-order valence-electron chi connectivity index (χ2n) is 5.54. The van der Waals surface area contributed by atoms with Crippen molar-refractivity contribution >= 4 is 15.9 Å². The van der Waals surface area contributed by atoms with Crippen molar-refractivity contribution in [3.8, 4) is 11.5 Å². The van der Waals surface area contributed by atoms with E-state index in [2.05, 4.69) is 29.8 Å². The van der Waals surface area contributed by atoms with Gasteiger partial charge in [-0.15, -0.1) is 0 Å². The minimum absolute atomic E-state index is 0.108. The lowest BCUT2D eigenvalue weighted by Gasteiger charge is -2.27. The molecular weight excluding hydrogens is 296 g/mol. The molecule has 1 aromatic rings. The Kier molecular flexibility index (Phi) is 2.83. The van der Waals surface area contributed by atoms with Gasteiger partial charge in [-0.1, -0.05) is 13.8 Å². The van der Waals surface area contributed by atoms with E-state index in [1.54, 1.807) is 0 Å². The summed E-state index contributed by atoms with van der Waals surface area (Å²) in [7, 11) is 0. The fraction of sp³-hybridized carbons (Fsp3) is 0.571. The molecule has 0 radical (unpaired) electrons. The first-order valence-corrected chi connectivity index (χ1v) is 7.09. The van der Waals surface area contributed by atoms with Crippen LogP contribution in [-0.4, -0.2) is 24.9 Å². The van der Waals surface area contributed by atoms with Gasteiger partial charge < -0.3 is 14.6 Å². The van der Waals surface area contributed by atoms with Gasteiger partial charge in [-0.25, -0.2) is 0 Å². The zero-order valence-electron chi connectivity index (χ0n) is 10.7. The van der Waals surface area contributed by atoms with Crippen LogP contribution in [0.1, 0.15) is 30.5 Å². The van der Waals surface area contributed by atoms with Crippen molar-refractivity contribution in [3.05, 3.63) is 21.2 Å². The van der Waals surface area contributed by atoms with Gasteiger partial charge in [0.1, 0.15) is 11.5 Å². The second kappa shape index (κ2) is 4.14. The number of aliphatic hydroxyl groups excluding tert-OH is 1. The summed E-state index contributed by atoms with van der Waals surface area (Å²) in [5.74, 6) is 1.92. The van der Waals surface area contributed by atoms with Crippen LogP contribution in [0.5, 0.6) is 11.5 Å². The molecule has 4 heteroatoms. The van der Waals surface area contributed by atoms with E-state index in [0.29, 0.717) is 13.2 Å². The summed E-state index contributed by atoms with van der Waals surface area (Å²) in [5, 5.41) is 9.67. The number of hydrogen-bond acceptors (Lipinski definition) is 3. The monoisotopic (exact) mass is 312 g/mol. The fourth-order valence-corrected chi connectivity index (χ4v) is 3.58. The molecule has 0 spiro atoms. The Morgan fingerprint density at radius 1 is 1.11 bits per heavy atom. The molecule has 0 saturated heterocycles. The van der Waals surface area contributed by atoms with E-state index < -0.39 is 0 Å². The number of benzene rings is 1. The SMILES string of the molecule is CC(C)(CO)c1c2c(c(Br)c3c1OCC3)OCC2. The maximum atomic E-state index is 9.67. The quantitative estimate of drug-likeness (QED) is 0.912. The summed E-state index contributed by atoms with van der Waals surface area (Å²) in [6.07, 6.45) is 1.80. The van der Waals surface area contributed by atoms with Gasteiger partial charge in [-0.05, 0) is 15.9 Å². The summed E-state index contributed by atoms with van der Waals surface area (Å²) in [6, 6.07) is 0. The van der Waals surface area contributed by atoms with Crippen LogP contribution in [0.3, 0.4) is 0 Å². The van der Waals surface area contributed by atoms with Crippen LogP contribution in [-0.2, 0) is 18.3 Å². The summed E-state index contributed by atoms with van der Waals surface area (Å²) in [5.41, 5.74) is 3.22. The molecule has 0 aliphatic carbocycles. The van der Waals surface area contributed by atoms with Crippen molar-refractivity contribution in [1.29, 1.82) is 0 Å². The number of ether oxygens (including phenoxy) is 2. The molecule has 0 saturated carbocycles. The maximum absolute atomic E-state index is 9.67. The van der Waals surface area contributed by atoms with Crippen molar-refractivity contribution in [1.82, 2.24) is 0 Å². The molecule has 0 amide bonds.